The largest absolute Gasteiger partial charge is 0.381 e. The van der Waals surface area contributed by atoms with E-state index in [-0.39, 0.29) is 0 Å². The molecule has 0 aliphatic carbocycles. The number of thioether (sulfide) groups is 1. The second-order valence-corrected chi connectivity index (χ2v) is 7.14. The summed E-state index contributed by atoms with van der Waals surface area (Å²) in [5.41, 5.74) is 4.33. The number of rotatable bonds is 2. The van der Waals surface area contributed by atoms with Crippen LogP contribution in [-0.2, 0) is 18.0 Å². The molecule has 18 heavy (non-hydrogen) atoms. The molecule has 3 rings (SSSR count). The second kappa shape index (κ2) is 4.78. The van der Waals surface area contributed by atoms with Gasteiger partial charge in [-0.25, -0.2) is 0 Å². The lowest BCUT2D eigenvalue weighted by molar-refractivity contribution is 0.134. The van der Waals surface area contributed by atoms with Crippen LogP contribution >= 0.6 is 11.8 Å². The molecule has 1 aromatic carbocycles. The Hall–Kier alpha value is -0.670. The Bertz CT molecular complexity index is 444. The van der Waals surface area contributed by atoms with Gasteiger partial charge in [-0.3, -0.25) is 0 Å². The second-order valence-electron chi connectivity index (χ2n) is 5.99. The van der Waals surface area contributed by atoms with Crippen LogP contribution in [0.2, 0.25) is 0 Å². The SMILES string of the molecule is CC1(C)CCSCC1Nc1ccc2c(c1)COC2. The molecule has 3 heteroatoms. The number of anilines is 1. The molecular formula is C15H21NOS. The van der Waals surface area contributed by atoms with Crippen LogP contribution in [0.3, 0.4) is 0 Å². The van der Waals surface area contributed by atoms with Gasteiger partial charge in [0.05, 0.1) is 13.2 Å². The molecule has 1 aromatic rings. The Morgan fingerprint density at radius 3 is 2.94 bits per heavy atom. The Balaban J connectivity index is 1.76. The summed E-state index contributed by atoms with van der Waals surface area (Å²) in [5, 5.41) is 3.72. The lowest BCUT2D eigenvalue weighted by Crippen LogP contribution is -2.41. The van der Waals surface area contributed by atoms with Crippen molar-refractivity contribution in [3.63, 3.8) is 0 Å². The molecule has 2 heterocycles. The number of hydrogen-bond acceptors (Lipinski definition) is 3. The first-order chi connectivity index (χ1) is 8.65. The van der Waals surface area contributed by atoms with Gasteiger partial charge >= 0.3 is 0 Å². The zero-order chi connectivity index (χ0) is 12.6. The van der Waals surface area contributed by atoms with Crippen molar-refractivity contribution in [2.45, 2.75) is 39.5 Å². The van der Waals surface area contributed by atoms with Crippen molar-refractivity contribution in [1.29, 1.82) is 0 Å². The van der Waals surface area contributed by atoms with E-state index in [0.29, 0.717) is 11.5 Å². The van der Waals surface area contributed by atoms with E-state index in [9.17, 15) is 0 Å². The quantitative estimate of drug-likeness (QED) is 0.880. The summed E-state index contributed by atoms with van der Waals surface area (Å²) in [6, 6.07) is 7.23. The molecule has 0 amide bonds. The maximum Gasteiger partial charge on any atom is 0.0725 e. The highest BCUT2D eigenvalue weighted by atomic mass is 32.2. The Morgan fingerprint density at radius 1 is 1.28 bits per heavy atom. The van der Waals surface area contributed by atoms with Crippen molar-refractivity contribution in [3.05, 3.63) is 29.3 Å². The lowest BCUT2D eigenvalue weighted by atomic mass is 9.82. The van der Waals surface area contributed by atoms with Crippen LogP contribution in [-0.4, -0.2) is 17.5 Å². The summed E-state index contributed by atoms with van der Waals surface area (Å²) >= 11 is 2.06. The first-order valence-corrected chi connectivity index (χ1v) is 7.84. The fourth-order valence-corrected chi connectivity index (χ4v) is 4.24. The van der Waals surface area contributed by atoms with Gasteiger partial charge in [0.25, 0.3) is 0 Å². The third-order valence-electron chi connectivity index (χ3n) is 4.18. The number of fused-ring (bicyclic) bond motifs is 1. The fraction of sp³-hybridized carbons (Fsp3) is 0.600. The summed E-state index contributed by atoms with van der Waals surface area (Å²) in [6.07, 6.45) is 1.30. The molecule has 0 saturated carbocycles. The van der Waals surface area contributed by atoms with E-state index in [2.05, 4.69) is 49.1 Å². The fourth-order valence-electron chi connectivity index (χ4n) is 2.64. The van der Waals surface area contributed by atoms with E-state index in [1.54, 1.807) is 0 Å². The van der Waals surface area contributed by atoms with Crippen molar-refractivity contribution >= 4 is 17.4 Å². The average molecular weight is 263 g/mol. The third-order valence-corrected chi connectivity index (χ3v) is 5.24. The lowest BCUT2D eigenvalue weighted by Gasteiger charge is -2.39. The van der Waals surface area contributed by atoms with Crippen molar-refractivity contribution in [3.8, 4) is 0 Å². The van der Waals surface area contributed by atoms with Crippen LogP contribution in [0.4, 0.5) is 5.69 Å². The van der Waals surface area contributed by atoms with E-state index < -0.39 is 0 Å². The van der Waals surface area contributed by atoms with Crippen LogP contribution in [0.25, 0.3) is 0 Å². The van der Waals surface area contributed by atoms with Crippen LogP contribution in [0.15, 0.2) is 18.2 Å². The Morgan fingerprint density at radius 2 is 2.11 bits per heavy atom. The molecule has 0 spiro atoms. The zero-order valence-corrected chi connectivity index (χ0v) is 12.0. The molecule has 0 bridgehead atoms. The summed E-state index contributed by atoms with van der Waals surface area (Å²) in [4.78, 5) is 0. The first-order valence-electron chi connectivity index (χ1n) is 6.69. The topological polar surface area (TPSA) is 21.3 Å². The smallest absolute Gasteiger partial charge is 0.0725 e. The predicted molar refractivity (Wildman–Crippen MR) is 78.1 cm³/mol. The van der Waals surface area contributed by atoms with Gasteiger partial charge in [-0.2, -0.15) is 11.8 Å². The monoisotopic (exact) mass is 263 g/mol. The maximum absolute atomic E-state index is 5.47. The van der Waals surface area contributed by atoms with E-state index >= 15 is 0 Å². The minimum absolute atomic E-state index is 0.390. The molecule has 2 aliphatic heterocycles. The summed E-state index contributed by atoms with van der Waals surface area (Å²) in [5.74, 6) is 2.50. The maximum atomic E-state index is 5.47. The van der Waals surface area contributed by atoms with E-state index in [0.717, 1.165) is 13.2 Å². The molecule has 0 radical (unpaired) electrons. The van der Waals surface area contributed by atoms with Gasteiger partial charge in [0, 0.05) is 17.5 Å². The highest BCUT2D eigenvalue weighted by molar-refractivity contribution is 7.99. The molecule has 0 aromatic heterocycles. The molecular weight excluding hydrogens is 242 g/mol. The number of nitrogens with one attached hydrogen (secondary N) is 1. The molecule has 1 saturated heterocycles. The average Bonchev–Trinajstić information content (AvgIpc) is 2.79. The van der Waals surface area contributed by atoms with Gasteiger partial charge in [-0.05, 0) is 40.8 Å². The van der Waals surface area contributed by atoms with Gasteiger partial charge in [-0.1, -0.05) is 19.9 Å². The zero-order valence-electron chi connectivity index (χ0n) is 11.2. The van der Waals surface area contributed by atoms with Crippen molar-refractivity contribution in [2.75, 3.05) is 16.8 Å². The van der Waals surface area contributed by atoms with Gasteiger partial charge < -0.3 is 10.1 Å². The van der Waals surface area contributed by atoms with Crippen molar-refractivity contribution in [1.82, 2.24) is 0 Å². The number of hydrogen-bond donors (Lipinski definition) is 1. The van der Waals surface area contributed by atoms with Crippen LogP contribution < -0.4 is 5.32 Å². The predicted octanol–water partition coefficient (Wildman–Crippen LogP) is 3.66. The van der Waals surface area contributed by atoms with Crippen LogP contribution in [0.5, 0.6) is 0 Å². The van der Waals surface area contributed by atoms with Gasteiger partial charge in [0.1, 0.15) is 0 Å². The Labute approximate surface area is 113 Å². The molecule has 98 valence electrons. The van der Waals surface area contributed by atoms with Gasteiger partial charge in [-0.15, -0.1) is 0 Å². The summed E-state index contributed by atoms with van der Waals surface area (Å²) < 4.78 is 5.47. The van der Waals surface area contributed by atoms with Crippen molar-refractivity contribution in [2.24, 2.45) is 5.41 Å². The minimum Gasteiger partial charge on any atom is -0.381 e. The standard InChI is InChI=1S/C15H21NOS/c1-15(2)5-6-18-10-14(15)16-13-4-3-11-8-17-9-12(11)7-13/h3-4,7,14,16H,5-6,8-10H2,1-2H3. The normalized spacial score (nSPS) is 25.8. The Kier molecular flexibility index (Phi) is 3.29. The van der Waals surface area contributed by atoms with Gasteiger partial charge in [0.2, 0.25) is 0 Å². The highest BCUT2D eigenvalue weighted by Crippen LogP contribution is 2.36. The molecule has 1 atom stereocenters. The molecule has 1 unspecified atom stereocenters. The van der Waals surface area contributed by atoms with Gasteiger partial charge in [0.15, 0.2) is 0 Å². The van der Waals surface area contributed by atoms with Crippen molar-refractivity contribution < 1.29 is 4.74 Å². The summed E-state index contributed by atoms with van der Waals surface area (Å²) in [6.45, 7) is 6.30. The molecule has 1 fully saturated rings. The molecule has 1 N–H and O–H groups in total. The van der Waals surface area contributed by atoms with E-state index in [1.807, 2.05) is 0 Å². The summed E-state index contributed by atoms with van der Waals surface area (Å²) in [7, 11) is 0. The van der Waals surface area contributed by atoms with E-state index in [1.165, 1.54) is 34.7 Å². The van der Waals surface area contributed by atoms with Crippen LogP contribution in [0.1, 0.15) is 31.4 Å². The number of benzene rings is 1. The van der Waals surface area contributed by atoms with Crippen LogP contribution in [0, 0.1) is 5.41 Å². The minimum atomic E-state index is 0.390. The number of ether oxygens (including phenoxy) is 1. The first kappa shape index (κ1) is 12.4. The third kappa shape index (κ3) is 2.39. The molecule has 2 aliphatic rings. The highest BCUT2D eigenvalue weighted by Gasteiger charge is 2.32. The molecule has 2 nitrogen and oxygen atoms in total. The van der Waals surface area contributed by atoms with E-state index in [4.69, 9.17) is 4.74 Å².